The first kappa shape index (κ1) is 14.6. The molecule has 3 rings (SSSR count). The normalized spacial score (nSPS) is 21.3. The van der Waals surface area contributed by atoms with Crippen LogP contribution in [0.5, 0.6) is 0 Å². The number of halogens is 1. The molecule has 2 fully saturated rings. The molecular formula is C17H25BrN2. The van der Waals surface area contributed by atoms with Gasteiger partial charge in [0.2, 0.25) is 0 Å². The molecule has 2 aliphatic rings. The zero-order valence-electron chi connectivity index (χ0n) is 12.4. The molecule has 0 atom stereocenters. The first-order chi connectivity index (χ1) is 9.70. The number of aryl methyl sites for hydroxylation is 1. The molecule has 1 saturated heterocycles. The van der Waals surface area contributed by atoms with Crippen LogP contribution in [-0.4, -0.2) is 30.6 Å². The summed E-state index contributed by atoms with van der Waals surface area (Å²) < 4.78 is 1.23. The smallest absolute Gasteiger partial charge is 0.0234 e. The molecule has 3 heteroatoms. The van der Waals surface area contributed by atoms with Crippen LogP contribution in [0.1, 0.15) is 36.8 Å². The quantitative estimate of drug-likeness (QED) is 0.881. The summed E-state index contributed by atoms with van der Waals surface area (Å²) >= 11 is 3.63. The molecule has 110 valence electrons. The Morgan fingerprint density at radius 3 is 2.60 bits per heavy atom. The van der Waals surface area contributed by atoms with E-state index in [0.29, 0.717) is 0 Å². The van der Waals surface area contributed by atoms with Gasteiger partial charge in [0.05, 0.1) is 0 Å². The van der Waals surface area contributed by atoms with Gasteiger partial charge in [-0.1, -0.05) is 28.1 Å². The van der Waals surface area contributed by atoms with Crippen LogP contribution in [0.2, 0.25) is 0 Å². The Hall–Kier alpha value is -0.380. The van der Waals surface area contributed by atoms with Crippen LogP contribution in [0.4, 0.5) is 0 Å². The third kappa shape index (κ3) is 4.06. The van der Waals surface area contributed by atoms with Crippen molar-refractivity contribution in [1.29, 1.82) is 0 Å². The SMILES string of the molecule is Cc1ccc(CN2CCC(NCC3CC3)CC2)cc1Br. The number of nitrogens with zero attached hydrogens (tertiary/aromatic N) is 1. The summed E-state index contributed by atoms with van der Waals surface area (Å²) in [5.41, 5.74) is 2.74. The summed E-state index contributed by atoms with van der Waals surface area (Å²) in [4.78, 5) is 2.59. The van der Waals surface area contributed by atoms with Crippen molar-refractivity contribution in [2.45, 2.75) is 45.2 Å². The maximum Gasteiger partial charge on any atom is 0.0234 e. The lowest BCUT2D eigenvalue weighted by molar-refractivity contribution is 0.190. The molecule has 0 spiro atoms. The van der Waals surface area contributed by atoms with Crippen LogP contribution >= 0.6 is 15.9 Å². The Bertz CT molecular complexity index is 448. The molecule has 20 heavy (non-hydrogen) atoms. The molecule has 0 radical (unpaired) electrons. The van der Waals surface area contributed by atoms with Crippen molar-refractivity contribution in [3.05, 3.63) is 33.8 Å². The van der Waals surface area contributed by atoms with E-state index in [1.54, 1.807) is 0 Å². The molecule has 0 amide bonds. The van der Waals surface area contributed by atoms with Gasteiger partial charge in [-0.25, -0.2) is 0 Å². The van der Waals surface area contributed by atoms with E-state index in [0.717, 1.165) is 18.5 Å². The number of benzene rings is 1. The van der Waals surface area contributed by atoms with Crippen molar-refractivity contribution < 1.29 is 0 Å². The number of hydrogen-bond acceptors (Lipinski definition) is 2. The zero-order chi connectivity index (χ0) is 13.9. The minimum absolute atomic E-state index is 0.761. The largest absolute Gasteiger partial charge is 0.314 e. The second-order valence-corrected chi connectivity index (χ2v) is 7.34. The molecule has 0 unspecified atom stereocenters. The molecule has 0 bridgehead atoms. The van der Waals surface area contributed by atoms with E-state index >= 15 is 0 Å². The van der Waals surface area contributed by atoms with E-state index in [1.807, 2.05) is 0 Å². The van der Waals surface area contributed by atoms with Gasteiger partial charge in [0.1, 0.15) is 0 Å². The summed E-state index contributed by atoms with van der Waals surface area (Å²) in [5, 5.41) is 3.75. The molecule has 1 aromatic rings. The summed E-state index contributed by atoms with van der Waals surface area (Å²) in [6, 6.07) is 7.50. The third-order valence-electron chi connectivity index (χ3n) is 4.62. The van der Waals surface area contributed by atoms with Gasteiger partial charge < -0.3 is 5.32 Å². The Balaban J connectivity index is 1.44. The van der Waals surface area contributed by atoms with Crippen LogP contribution in [0.15, 0.2) is 22.7 Å². The molecule has 1 aromatic carbocycles. The lowest BCUT2D eigenvalue weighted by Gasteiger charge is -2.32. The Morgan fingerprint density at radius 2 is 1.95 bits per heavy atom. The van der Waals surface area contributed by atoms with Gasteiger partial charge in [-0.05, 0) is 75.4 Å². The second kappa shape index (κ2) is 6.59. The van der Waals surface area contributed by atoms with Crippen molar-refractivity contribution in [1.82, 2.24) is 10.2 Å². The van der Waals surface area contributed by atoms with Crippen molar-refractivity contribution in [2.75, 3.05) is 19.6 Å². The lowest BCUT2D eigenvalue weighted by Crippen LogP contribution is -2.42. The van der Waals surface area contributed by atoms with E-state index in [-0.39, 0.29) is 0 Å². The highest BCUT2D eigenvalue weighted by atomic mass is 79.9. The van der Waals surface area contributed by atoms with Crippen LogP contribution in [0.3, 0.4) is 0 Å². The van der Waals surface area contributed by atoms with E-state index in [2.05, 4.69) is 51.3 Å². The number of rotatable bonds is 5. The molecule has 0 aromatic heterocycles. The summed E-state index contributed by atoms with van der Waals surface area (Å²) in [6.07, 6.45) is 5.52. The molecule has 1 N–H and O–H groups in total. The molecule has 1 saturated carbocycles. The van der Waals surface area contributed by atoms with E-state index in [4.69, 9.17) is 0 Å². The van der Waals surface area contributed by atoms with Gasteiger partial charge in [-0.3, -0.25) is 4.90 Å². The van der Waals surface area contributed by atoms with E-state index in [1.165, 1.54) is 60.9 Å². The lowest BCUT2D eigenvalue weighted by atomic mass is 10.0. The minimum atomic E-state index is 0.761. The highest BCUT2D eigenvalue weighted by Crippen LogP contribution is 2.28. The Kier molecular flexibility index (Phi) is 4.79. The average molecular weight is 337 g/mol. The van der Waals surface area contributed by atoms with Crippen LogP contribution in [0.25, 0.3) is 0 Å². The summed E-state index contributed by atoms with van der Waals surface area (Å²) in [5.74, 6) is 0.998. The van der Waals surface area contributed by atoms with Crippen molar-refractivity contribution >= 4 is 15.9 Å². The van der Waals surface area contributed by atoms with Crippen LogP contribution < -0.4 is 5.32 Å². The first-order valence-electron chi connectivity index (χ1n) is 7.91. The third-order valence-corrected chi connectivity index (χ3v) is 5.48. The maximum absolute atomic E-state index is 3.75. The highest BCUT2D eigenvalue weighted by molar-refractivity contribution is 9.10. The molecule has 1 aliphatic carbocycles. The standard InChI is InChI=1S/C17H25BrN2/c1-13-2-3-15(10-17(13)18)12-20-8-6-16(7-9-20)19-11-14-4-5-14/h2-3,10,14,16,19H,4-9,11-12H2,1H3. The molecule has 1 aliphatic heterocycles. The predicted molar refractivity (Wildman–Crippen MR) is 87.9 cm³/mol. The number of piperidine rings is 1. The Labute approximate surface area is 131 Å². The highest BCUT2D eigenvalue weighted by Gasteiger charge is 2.24. The topological polar surface area (TPSA) is 15.3 Å². The van der Waals surface area contributed by atoms with E-state index in [9.17, 15) is 0 Å². The summed E-state index contributed by atoms with van der Waals surface area (Å²) in [7, 11) is 0. The van der Waals surface area contributed by atoms with Crippen LogP contribution in [0, 0.1) is 12.8 Å². The zero-order valence-corrected chi connectivity index (χ0v) is 14.0. The Morgan fingerprint density at radius 1 is 1.20 bits per heavy atom. The molecular weight excluding hydrogens is 312 g/mol. The first-order valence-corrected chi connectivity index (χ1v) is 8.71. The monoisotopic (exact) mass is 336 g/mol. The van der Waals surface area contributed by atoms with Crippen LogP contribution in [-0.2, 0) is 6.54 Å². The van der Waals surface area contributed by atoms with Gasteiger partial charge in [-0.15, -0.1) is 0 Å². The fourth-order valence-electron chi connectivity index (χ4n) is 2.94. The van der Waals surface area contributed by atoms with Gasteiger partial charge >= 0.3 is 0 Å². The predicted octanol–water partition coefficient (Wildman–Crippen LogP) is 3.72. The van der Waals surface area contributed by atoms with Gasteiger partial charge in [0.25, 0.3) is 0 Å². The minimum Gasteiger partial charge on any atom is -0.314 e. The second-order valence-electron chi connectivity index (χ2n) is 6.49. The van der Waals surface area contributed by atoms with Crippen molar-refractivity contribution in [2.24, 2.45) is 5.92 Å². The van der Waals surface area contributed by atoms with Gasteiger partial charge in [0.15, 0.2) is 0 Å². The fourth-order valence-corrected chi connectivity index (χ4v) is 3.37. The van der Waals surface area contributed by atoms with E-state index < -0.39 is 0 Å². The number of nitrogens with one attached hydrogen (secondary N) is 1. The average Bonchev–Trinajstić information content (AvgIpc) is 3.26. The molecule has 1 heterocycles. The molecule has 2 nitrogen and oxygen atoms in total. The summed E-state index contributed by atoms with van der Waals surface area (Å²) in [6.45, 7) is 6.95. The maximum atomic E-state index is 3.75. The fraction of sp³-hybridized carbons (Fsp3) is 0.647. The van der Waals surface area contributed by atoms with Gasteiger partial charge in [-0.2, -0.15) is 0 Å². The number of hydrogen-bond donors (Lipinski definition) is 1. The van der Waals surface area contributed by atoms with Crippen molar-refractivity contribution in [3.8, 4) is 0 Å². The number of likely N-dealkylation sites (tertiary alicyclic amines) is 1. The van der Waals surface area contributed by atoms with Crippen molar-refractivity contribution in [3.63, 3.8) is 0 Å². The van der Waals surface area contributed by atoms with Gasteiger partial charge in [0, 0.05) is 17.1 Å².